The Morgan fingerprint density at radius 1 is 1.67 bits per heavy atom. The molecule has 1 saturated heterocycles. The third-order valence-corrected chi connectivity index (χ3v) is 2.24. The van der Waals surface area contributed by atoms with Gasteiger partial charge in [0.1, 0.15) is 0 Å². The number of carbonyl (C=O) groups excluding carboxylic acids is 1. The molecule has 0 unspecified atom stereocenters. The number of carbonyl (C=O) groups is 1. The van der Waals surface area contributed by atoms with E-state index in [-0.39, 0.29) is 6.09 Å². The van der Waals surface area contributed by atoms with E-state index in [1.807, 2.05) is 4.90 Å². The molecule has 1 aliphatic heterocycles. The topological polar surface area (TPSA) is 29.5 Å². The van der Waals surface area contributed by atoms with E-state index in [0.29, 0.717) is 12.6 Å². The number of rotatable bonds is 3. The second-order valence-electron chi connectivity index (χ2n) is 3.30. The summed E-state index contributed by atoms with van der Waals surface area (Å²) >= 11 is 0. The fraction of sp³-hybridized carbons (Fsp3) is 0.889. The zero-order chi connectivity index (χ0) is 8.97. The second kappa shape index (κ2) is 4.33. The lowest BCUT2D eigenvalue weighted by Crippen LogP contribution is -2.43. The Kier molecular flexibility index (Phi) is 3.38. The standard InChI is InChI=1S/C9H17NO2/c1-3-5-8(2)10-6-4-7-12-9(10)11/h8H,3-7H2,1-2H3/t8-/m0/s1. The quantitative estimate of drug-likeness (QED) is 0.650. The molecule has 1 amide bonds. The van der Waals surface area contributed by atoms with Gasteiger partial charge in [-0.05, 0) is 19.8 Å². The molecule has 0 spiro atoms. The Morgan fingerprint density at radius 3 is 3.00 bits per heavy atom. The Bertz CT molecular complexity index is 159. The van der Waals surface area contributed by atoms with Crippen molar-refractivity contribution in [2.75, 3.05) is 13.2 Å². The summed E-state index contributed by atoms with van der Waals surface area (Å²) in [7, 11) is 0. The van der Waals surface area contributed by atoms with Gasteiger partial charge in [0.05, 0.1) is 6.61 Å². The summed E-state index contributed by atoms with van der Waals surface area (Å²) < 4.78 is 4.94. The van der Waals surface area contributed by atoms with Gasteiger partial charge in [-0.2, -0.15) is 0 Å². The van der Waals surface area contributed by atoms with Crippen molar-refractivity contribution in [2.45, 2.75) is 39.2 Å². The first kappa shape index (κ1) is 9.36. The van der Waals surface area contributed by atoms with E-state index in [1.54, 1.807) is 0 Å². The lowest BCUT2D eigenvalue weighted by Gasteiger charge is -2.31. The number of hydrogen-bond acceptors (Lipinski definition) is 2. The summed E-state index contributed by atoms with van der Waals surface area (Å²) in [6.07, 6.45) is 3.02. The van der Waals surface area contributed by atoms with Crippen LogP contribution in [0, 0.1) is 0 Å². The highest BCUT2D eigenvalue weighted by molar-refractivity contribution is 5.68. The Labute approximate surface area is 73.7 Å². The van der Waals surface area contributed by atoms with E-state index in [4.69, 9.17) is 4.74 Å². The van der Waals surface area contributed by atoms with Crippen LogP contribution in [0.25, 0.3) is 0 Å². The lowest BCUT2D eigenvalue weighted by molar-refractivity contribution is 0.0566. The summed E-state index contributed by atoms with van der Waals surface area (Å²) in [6.45, 7) is 5.66. The minimum Gasteiger partial charge on any atom is -0.449 e. The van der Waals surface area contributed by atoms with Gasteiger partial charge in [0, 0.05) is 12.6 Å². The summed E-state index contributed by atoms with van der Waals surface area (Å²) in [4.78, 5) is 13.0. The third kappa shape index (κ3) is 2.13. The summed E-state index contributed by atoms with van der Waals surface area (Å²) in [5.41, 5.74) is 0. The fourth-order valence-corrected chi connectivity index (χ4v) is 1.54. The molecule has 12 heavy (non-hydrogen) atoms. The van der Waals surface area contributed by atoms with Crippen LogP contribution in [0.5, 0.6) is 0 Å². The van der Waals surface area contributed by atoms with E-state index in [2.05, 4.69) is 13.8 Å². The molecule has 1 heterocycles. The van der Waals surface area contributed by atoms with Gasteiger partial charge in [-0.15, -0.1) is 0 Å². The van der Waals surface area contributed by atoms with Crippen molar-refractivity contribution >= 4 is 6.09 Å². The summed E-state index contributed by atoms with van der Waals surface area (Å²) in [5.74, 6) is 0. The van der Waals surface area contributed by atoms with Crippen LogP contribution in [-0.2, 0) is 4.74 Å². The van der Waals surface area contributed by atoms with Crippen molar-refractivity contribution in [3.8, 4) is 0 Å². The van der Waals surface area contributed by atoms with Crippen molar-refractivity contribution < 1.29 is 9.53 Å². The van der Waals surface area contributed by atoms with Gasteiger partial charge < -0.3 is 9.64 Å². The molecule has 0 saturated carbocycles. The normalized spacial score (nSPS) is 20.5. The van der Waals surface area contributed by atoms with Gasteiger partial charge in [-0.25, -0.2) is 4.79 Å². The maximum Gasteiger partial charge on any atom is 0.409 e. The molecule has 0 radical (unpaired) electrons. The van der Waals surface area contributed by atoms with E-state index >= 15 is 0 Å². The Balaban J connectivity index is 2.42. The molecule has 0 bridgehead atoms. The first-order valence-electron chi connectivity index (χ1n) is 4.69. The van der Waals surface area contributed by atoms with Crippen molar-refractivity contribution in [2.24, 2.45) is 0 Å². The van der Waals surface area contributed by atoms with Crippen molar-refractivity contribution in [3.63, 3.8) is 0 Å². The van der Waals surface area contributed by atoms with Crippen molar-refractivity contribution in [1.82, 2.24) is 4.90 Å². The minimum atomic E-state index is -0.137. The van der Waals surface area contributed by atoms with Crippen LogP contribution in [0.3, 0.4) is 0 Å². The number of cyclic esters (lactones) is 1. The molecule has 1 fully saturated rings. The Hall–Kier alpha value is -0.730. The van der Waals surface area contributed by atoms with Gasteiger partial charge in [0.2, 0.25) is 0 Å². The van der Waals surface area contributed by atoms with E-state index in [0.717, 1.165) is 25.8 Å². The first-order valence-corrected chi connectivity index (χ1v) is 4.69. The maximum atomic E-state index is 11.2. The SMILES string of the molecule is CCC[C@H](C)N1CCCOC1=O. The van der Waals surface area contributed by atoms with Gasteiger partial charge in [0.15, 0.2) is 0 Å². The molecule has 1 rings (SSSR count). The zero-order valence-corrected chi connectivity index (χ0v) is 7.88. The second-order valence-corrected chi connectivity index (χ2v) is 3.30. The molecule has 3 nitrogen and oxygen atoms in total. The molecular formula is C9H17NO2. The molecule has 1 atom stereocenters. The first-order chi connectivity index (χ1) is 5.75. The van der Waals surface area contributed by atoms with E-state index in [1.165, 1.54) is 0 Å². The van der Waals surface area contributed by atoms with Crippen LogP contribution in [0.1, 0.15) is 33.1 Å². The lowest BCUT2D eigenvalue weighted by atomic mass is 10.1. The smallest absolute Gasteiger partial charge is 0.409 e. The number of ether oxygens (including phenoxy) is 1. The third-order valence-electron chi connectivity index (χ3n) is 2.24. The zero-order valence-electron chi connectivity index (χ0n) is 7.88. The highest BCUT2D eigenvalue weighted by atomic mass is 16.6. The molecule has 0 aromatic carbocycles. The molecule has 3 heteroatoms. The average molecular weight is 171 g/mol. The van der Waals surface area contributed by atoms with E-state index in [9.17, 15) is 4.79 Å². The number of amides is 1. The van der Waals surface area contributed by atoms with Crippen LogP contribution >= 0.6 is 0 Å². The highest BCUT2D eigenvalue weighted by Crippen LogP contribution is 2.12. The van der Waals surface area contributed by atoms with E-state index < -0.39 is 0 Å². The largest absolute Gasteiger partial charge is 0.449 e. The monoisotopic (exact) mass is 171 g/mol. The van der Waals surface area contributed by atoms with Gasteiger partial charge >= 0.3 is 6.09 Å². The molecule has 0 aromatic heterocycles. The molecule has 70 valence electrons. The maximum absolute atomic E-state index is 11.2. The molecule has 0 N–H and O–H groups in total. The molecular weight excluding hydrogens is 154 g/mol. The van der Waals surface area contributed by atoms with Crippen LogP contribution < -0.4 is 0 Å². The van der Waals surface area contributed by atoms with Gasteiger partial charge in [-0.1, -0.05) is 13.3 Å². The molecule has 0 aromatic rings. The predicted octanol–water partition coefficient (Wildman–Crippen LogP) is 2.02. The van der Waals surface area contributed by atoms with Crippen LogP contribution in [0.2, 0.25) is 0 Å². The Morgan fingerprint density at radius 2 is 2.42 bits per heavy atom. The van der Waals surface area contributed by atoms with Crippen molar-refractivity contribution in [3.05, 3.63) is 0 Å². The van der Waals surface area contributed by atoms with Crippen molar-refractivity contribution in [1.29, 1.82) is 0 Å². The fourth-order valence-electron chi connectivity index (χ4n) is 1.54. The average Bonchev–Trinajstić information content (AvgIpc) is 2.05. The predicted molar refractivity (Wildman–Crippen MR) is 47.0 cm³/mol. The van der Waals surface area contributed by atoms with Crippen LogP contribution in [0.4, 0.5) is 4.79 Å². The van der Waals surface area contributed by atoms with Gasteiger partial charge in [-0.3, -0.25) is 0 Å². The van der Waals surface area contributed by atoms with Crippen LogP contribution in [-0.4, -0.2) is 30.2 Å². The summed E-state index contributed by atoms with van der Waals surface area (Å²) in [5, 5.41) is 0. The highest BCUT2D eigenvalue weighted by Gasteiger charge is 2.23. The number of hydrogen-bond donors (Lipinski definition) is 0. The number of nitrogens with zero attached hydrogens (tertiary/aromatic N) is 1. The van der Waals surface area contributed by atoms with Gasteiger partial charge in [0.25, 0.3) is 0 Å². The minimum absolute atomic E-state index is 0.137. The molecule has 1 aliphatic rings. The summed E-state index contributed by atoms with van der Waals surface area (Å²) in [6, 6.07) is 0.336. The molecule has 0 aliphatic carbocycles. The van der Waals surface area contributed by atoms with Crippen LogP contribution in [0.15, 0.2) is 0 Å².